The van der Waals surface area contributed by atoms with Gasteiger partial charge in [-0.25, -0.2) is 0 Å². The lowest BCUT2D eigenvalue weighted by Crippen LogP contribution is -2.31. The third-order valence-corrected chi connectivity index (χ3v) is 2.57. The van der Waals surface area contributed by atoms with Gasteiger partial charge in [0, 0.05) is 6.54 Å². The van der Waals surface area contributed by atoms with Crippen molar-refractivity contribution >= 4 is 5.91 Å². The molecule has 2 N–H and O–H groups in total. The van der Waals surface area contributed by atoms with Crippen LogP contribution in [0.4, 0.5) is 0 Å². The average Bonchev–Trinajstić information content (AvgIpc) is 2.27. The zero-order valence-electron chi connectivity index (χ0n) is 11.2. The van der Waals surface area contributed by atoms with E-state index in [0.717, 1.165) is 11.3 Å². The quantitative estimate of drug-likeness (QED) is 0.807. The van der Waals surface area contributed by atoms with E-state index in [1.165, 1.54) is 5.56 Å². The van der Waals surface area contributed by atoms with Crippen LogP contribution in [0.15, 0.2) is 18.2 Å². The monoisotopic (exact) mass is 251 g/mol. The van der Waals surface area contributed by atoms with Gasteiger partial charge < -0.3 is 15.2 Å². The highest BCUT2D eigenvalue weighted by Gasteiger charge is 2.05. The summed E-state index contributed by atoms with van der Waals surface area (Å²) in [5, 5.41) is 11.7. The molecule has 0 saturated carbocycles. The van der Waals surface area contributed by atoms with Crippen molar-refractivity contribution in [2.24, 2.45) is 0 Å². The predicted molar refractivity (Wildman–Crippen MR) is 70.7 cm³/mol. The molecule has 0 heterocycles. The summed E-state index contributed by atoms with van der Waals surface area (Å²) in [5.74, 6) is 0.557. The van der Waals surface area contributed by atoms with E-state index in [0.29, 0.717) is 13.0 Å². The van der Waals surface area contributed by atoms with Gasteiger partial charge in [-0.3, -0.25) is 4.79 Å². The Morgan fingerprint density at radius 1 is 1.44 bits per heavy atom. The summed E-state index contributed by atoms with van der Waals surface area (Å²) in [6, 6.07) is 5.84. The lowest BCUT2D eigenvalue weighted by molar-refractivity contribution is -0.123. The second-order valence-corrected chi connectivity index (χ2v) is 4.55. The number of rotatable bonds is 6. The number of amides is 1. The molecule has 4 heteroatoms. The van der Waals surface area contributed by atoms with E-state index in [2.05, 4.69) is 5.32 Å². The van der Waals surface area contributed by atoms with Crippen LogP contribution in [0, 0.1) is 13.8 Å². The van der Waals surface area contributed by atoms with Crippen molar-refractivity contribution < 1.29 is 14.6 Å². The van der Waals surface area contributed by atoms with Crippen LogP contribution < -0.4 is 10.1 Å². The molecule has 0 saturated heterocycles. The summed E-state index contributed by atoms with van der Waals surface area (Å²) in [6.45, 7) is 6.13. The number of carbonyl (C=O) groups is 1. The van der Waals surface area contributed by atoms with Crippen LogP contribution in [0.3, 0.4) is 0 Å². The Bertz CT molecular complexity index is 402. The number of hydrogen-bond donors (Lipinski definition) is 2. The highest BCUT2D eigenvalue weighted by Crippen LogP contribution is 2.18. The van der Waals surface area contributed by atoms with Crippen LogP contribution in [0.5, 0.6) is 5.75 Å². The zero-order chi connectivity index (χ0) is 13.5. The maximum absolute atomic E-state index is 11.5. The zero-order valence-corrected chi connectivity index (χ0v) is 11.2. The summed E-state index contributed by atoms with van der Waals surface area (Å²) in [7, 11) is 0. The molecule has 0 aliphatic carbocycles. The number of ether oxygens (including phenoxy) is 1. The van der Waals surface area contributed by atoms with Gasteiger partial charge in [0.1, 0.15) is 5.75 Å². The molecule has 1 aromatic carbocycles. The lowest BCUT2D eigenvalue weighted by Gasteiger charge is -2.10. The largest absolute Gasteiger partial charge is 0.484 e. The highest BCUT2D eigenvalue weighted by molar-refractivity contribution is 5.77. The third kappa shape index (κ3) is 5.19. The molecule has 0 radical (unpaired) electrons. The SMILES string of the molecule is Cc1ccc(OCC(=O)NCCC(C)O)c(C)c1. The van der Waals surface area contributed by atoms with E-state index in [1.807, 2.05) is 32.0 Å². The molecule has 1 atom stereocenters. The van der Waals surface area contributed by atoms with Crippen LogP contribution in [0.25, 0.3) is 0 Å². The van der Waals surface area contributed by atoms with Gasteiger partial charge in [-0.2, -0.15) is 0 Å². The third-order valence-electron chi connectivity index (χ3n) is 2.57. The number of aryl methyl sites for hydroxylation is 2. The summed E-state index contributed by atoms with van der Waals surface area (Å²) in [6.07, 6.45) is 0.153. The molecule has 1 amide bonds. The number of aliphatic hydroxyl groups excluding tert-OH is 1. The summed E-state index contributed by atoms with van der Waals surface area (Å²) in [5.41, 5.74) is 2.19. The highest BCUT2D eigenvalue weighted by atomic mass is 16.5. The fourth-order valence-corrected chi connectivity index (χ4v) is 1.58. The Kier molecular flexibility index (Phi) is 5.65. The van der Waals surface area contributed by atoms with Crippen molar-refractivity contribution in [1.29, 1.82) is 0 Å². The van der Waals surface area contributed by atoms with Crippen LogP contribution in [0.2, 0.25) is 0 Å². The molecule has 0 aromatic heterocycles. The number of hydrogen-bond acceptors (Lipinski definition) is 3. The molecule has 18 heavy (non-hydrogen) atoms. The van der Waals surface area contributed by atoms with Crippen LogP contribution in [-0.2, 0) is 4.79 Å². The van der Waals surface area contributed by atoms with Crippen LogP contribution in [-0.4, -0.2) is 30.3 Å². The Morgan fingerprint density at radius 2 is 2.17 bits per heavy atom. The van der Waals surface area contributed by atoms with Crippen molar-refractivity contribution in [3.8, 4) is 5.75 Å². The molecule has 100 valence electrons. The molecular formula is C14H21NO3. The Morgan fingerprint density at radius 3 is 2.78 bits per heavy atom. The van der Waals surface area contributed by atoms with E-state index in [9.17, 15) is 4.79 Å². The van der Waals surface area contributed by atoms with E-state index in [-0.39, 0.29) is 12.5 Å². The van der Waals surface area contributed by atoms with Gasteiger partial charge in [0.15, 0.2) is 6.61 Å². The lowest BCUT2D eigenvalue weighted by atomic mass is 10.1. The first-order valence-electron chi connectivity index (χ1n) is 6.14. The first-order valence-corrected chi connectivity index (χ1v) is 6.14. The normalized spacial score (nSPS) is 12.0. The van der Waals surface area contributed by atoms with Crippen LogP contribution in [0.1, 0.15) is 24.5 Å². The van der Waals surface area contributed by atoms with E-state index in [1.54, 1.807) is 6.92 Å². The fraction of sp³-hybridized carbons (Fsp3) is 0.500. The van der Waals surface area contributed by atoms with Gasteiger partial charge >= 0.3 is 0 Å². The summed E-state index contributed by atoms with van der Waals surface area (Å²) < 4.78 is 5.44. The minimum atomic E-state index is -0.398. The van der Waals surface area contributed by atoms with Crippen LogP contribution >= 0.6 is 0 Å². The molecule has 0 fully saturated rings. The maximum atomic E-state index is 11.5. The molecule has 0 aliphatic rings. The number of nitrogens with one attached hydrogen (secondary N) is 1. The standard InChI is InChI=1S/C14H21NO3/c1-10-4-5-13(11(2)8-10)18-9-14(17)15-7-6-12(3)16/h4-5,8,12,16H,6-7,9H2,1-3H3,(H,15,17). The van der Waals surface area contributed by atoms with Gasteiger partial charge in [-0.1, -0.05) is 17.7 Å². The summed E-state index contributed by atoms with van der Waals surface area (Å²) in [4.78, 5) is 11.5. The van der Waals surface area contributed by atoms with E-state index in [4.69, 9.17) is 9.84 Å². The number of benzene rings is 1. The summed E-state index contributed by atoms with van der Waals surface area (Å²) >= 11 is 0. The predicted octanol–water partition coefficient (Wildman–Crippen LogP) is 1.57. The molecule has 1 rings (SSSR count). The average molecular weight is 251 g/mol. The van der Waals surface area contributed by atoms with Crippen molar-refractivity contribution in [3.63, 3.8) is 0 Å². The second kappa shape index (κ2) is 7.01. The minimum absolute atomic E-state index is 0.00368. The minimum Gasteiger partial charge on any atom is -0.484 e. The van der Waals surface area contributed by atoms with Crippen molar-refractivity contribution in [2.75, 3.05) is 13.2 Å². The second-order valence-electron chi connectivity index (χ2n) is 4.55. The van der Waals surface area contributed by atoms with Gasteiger partial charge in [0.05, 0.1) is 6.10 Å². The van der Waals surface area contributed by atoms with E-state index >= 15 is 0 Å². The first-order chi connectivity index (χ1) is 8.49. The fourth-order valence-electron chi connectivity index (χ4n) is 1.58. The van der Waals surface area contributed by atoms with Crippen molar-refractivity contribution in [2.45, 2.75) is 33.3 Å². The molecule has 0 aliphatic heterocycles. The Labute approximate surface area is 108 Å². The van der Waals surface area contributed by atoms with Gasteiger partial charge in [-0.05, 0) is 38.8 Å². The molecule has 1 unspecified atom stereocenters. The topological polar surface area (TPSA) is 58.6 Å². The molecule has 0 spiro atoms. The van der Waals surface area contributed by atoms with Gasteiger partial charge in [-0.15, -0.1) is 0 Å². The molecular weight excluding hydrogens is 230 g/mol. The van der Waals surface area contributed by atoms with Gasteiger partial charge in [0.25, 0.3) is 5.91 Å². The van der Waals surface area contributed by atoms with Gasteiger partial charge in [0.2, 0.25) is 0 Å². The Balaban J connectivity index is 2.33. The number of aliphatic hydroxyl groups is 1. The Hall–Kier alpha value is -1.55. The molecule has 0 bridgehead atoms. The first kappa shape index (κ1) is 14.5. The molecule has 1 aromatic rings. The molecule has 4 nitrogen and oxygen atoms in total. The maximum Gasteiger partial charge on any atom is 0.257 e. The number of carbonyl (C=O) groups excluding carboxylic acids is 1. The van der Waals surface area contributed by atoms with Crippen molar-refractivity contribution in [1.82, 2.24) is 5.32 Å². The van der Waals surface area contributed by atoms with E-state index < -0.39 is 6.10 Å². The van der Waals surface area contributed by atoms with Crippen molar-refractivity contribution in [3.05, 3.63) is 29.3 Å². The smallest absolute Gasteiger partial charge is 0.257 e.